The van der Waals surface area contributed by atoms with Gasteiger partial charge in [-0.15, -0.1) is 0 Å². The molecule has 238 valence electrons. The number of benzene rings is 1. The molecular formula is C30H36F4N6O4. The van der Waals surface area contributed by atoms with Crippen LogP contribution in [0.1, 0.15) is 44.1 Å². The van der Waals surface area contributed by atoms with Crippen LogP contribution in [0.4, 0.5) is 34.8 Å². The van der Waals surface area contributed by atoms with Gasteiger partial charge in [-0.3, -0.25) is 0 Å². The molecule has 3 aliphatic heterocycles. The number of carboxylic acids is 1. The lowest BCUT2D eigenvalue weighted by Crippen LogP contribution is -2.72. The minimum Gasteiger partial charge on any atom is -0.475 e. The lowest BCUT2D eigenvalue weighted by Gasteiger charge is -2.61. The molecule has 6 rings (SSSR count). The van der Waals surface area contributed by atoms with Gasteiger partial charge >= 0.3 is 12.1 Å². The number of ether oxygens (including phenoxy) is 1. The summed E-state index contributed by atoms with van der Waals surface area (Å²) in [4.78, 5) is 22.7. The van der Waals surface area contributed by atoms with E-state index in [4.69, 9.17) is 19.2 Å². The molecule has 0 atom stereocenters. The Morgan fingerprint density at radius 3 is 2.48 bits per heavy atom. The zero-order valence-corrected chi connectivity index (χ0v) is 24.8. The quantitative estimate of drug-likeness (QED) is 0.322. The molecule has 14 heteroatoms. The zero-order valence-electron chi connectivity index (χ0n) is 24.8. The van der Waals surface area contributed by atoms with Gasteiger partial charge in [0, 0.05) is 74.1 Å². The summed E-state index contributed by atoms with van der Waals surface area (Å²) in [6.45, 7) is 13.3. The number of likely N-dealkylation sites (tertiary alicyclic amines) is 1. The van der Waals surface area contributed by atoms with Crippen molar-refractivity contribution in [3.05, 3.63) is 48.0 Å². The van der Waals surface area contributed by atoms with Crippen LogP contribution in [0.15, 0.2) is 35.2 Å². The van der Waals surface area contributed by atoms with Crippen molar-refractivity contribution in [3.63, 3.8) is 0 Å². The maximum atomic E-state index is 14.4. The number of rotatable bonds is 7. The average Bonchev–Trinajstić information content (AvgIpc) is 3.32. The van der Waals surface area contributed by atoms with Crippen LogP contribution in [-0.2, 0) is 9.53 Å². The van der Waals surface area contributed by atoms with Crippen LogP contribution >= 0.6 is 0 Å². The molecule has 1 aromatic carbocycles. The van der Waals surface area contributed by atoms with Gasteiger partial charge in [0.15, 0.2) is 5.82 Å². The van der Waals surface area contributed by atoms with E-state index in [-0.39, 0.29) is 11.7 Å². The summed E-state index contributed by atoms with van der Waals surface area (Å²) in [6.07, 6.45) is 0.674. The number of carbonyl (C=O) groups is 1. The number of aryl methyl sites for hydroxylation is 1. The number of halogens is 4. The Balaban J connectivity index is 0.000000493. The third-order valence-corrected chi connectivity index (χ3v) is 8.19. The summed E-state index contributed by atoms with van der Waals surface area (Å²) in [5.41, 5.74) is 4.23. The second-order valence-corrected chi connectivity index (χ2v) is 12.1. The van der Waals surface area contributed by atoms with E-state index in [9.17, 15) is 17.6 Å². The van der Waals surface area contributed by atoms with Gasteiger partial charge in [0.25, 0.3) is 0 Å². The third kappa shape index (κ3) is 6.96. The number of nitrogens with zero attached hydrogens (tertiary/aromatic N) is 5. The molecule has 2 N–H and O–H groups in total. The Labute approximate surface area is 252 Å². The van der Waals surface area contributed by atoms with E-state index in [1.54, 1.807) is 18.6 Å². The summed E-state index contributed by atoms with van der Waals surface area (Å²) in [5, 5.41) is 14.8. The number of hydrogen-bond acceptors (Lipinski definition) is 9. The van der Waals surface area contributed by atoms with E-state index in [0.717, 1.165) is 85.1 Å². The van der Waals surface area contributed by atoms with Crippen molar-refractivity contribution in [2.24, 2.45) is 11.3 Å². The SMILES string of the molecule is Cc1noc(C(C)C)c1-c1cc(F)ccc1Nc1cncnc1N1CC2(CN(CC3CCOCC3)C2)C1.O=C(O)C(F)(F)F. The van der Waals surface area contributed by atoms with Gasteiger partial charge in [-0.25, -0.2) is 19.2 Å². The molecule has 3 fully saturated rings. The lowest BCUT2D eigenvalue weighted by molar-refractivity contribution is -0.192. The predicted molar refractivity (Wildman–Crippen MR) is 154 cm³/mol. The predicted octanol–water partition coefficient (Wildman–Crippen LogP) is 5.63. The summed E-state index contributed by atoms with van der Waals surface area (Å²) in [7, 11) is 0. The monoisotopic (exact) mass is 620 g/mol. The van der Waals surface area contributed by atoms with Gasteiger partial charge in [0.2, 0.25) is 0 Å². The molecule has 0 aliphatic carbocycles. The Morgan fingerprint density at radius 1 is 1.16 bits per heavy atom. The highest BCUT2D eigenvalue weighted by Gasteiger charge is 2.52. The number of hydrogen-bond donors (Lipinski definition) is 2. The van der Waals surface area contributed by atoms with Crippen molar-refractivity contribution in [2.75, 3.05) is 56.2 Å². The maximum absolute atomic E-state index is 14.4. The van der Waals surface area contributed by atoms with Gasteiger partial charge in [-0.1, -0.05) is 19.0 Å². The van der Waals surface area contributed by atoms with E-state index in [1.165, 1.54) is 31.5 Å². The summed E-state index contributed by atoms with van der Waals surface area (Å²) >= 11 is 0. The average molecular weight is 621 g/mol. The molecule has 3 aromatic rings. The molecule has 3 saturated heterocycles. The van der Waals surface area contributed by atoms with Crippen molar-refractivity contribution in [1.29, 1.82) is 0 Å². The first kappa shape index (κ1) is 31.6. The van der Waals surface area contributed by atoms with E-state index in [1.807, 2.05) is 20.8 Å². The Bertz CT molecular complexity index is 1460. The molecule has 5 heterocycles. The van der Waals surface area contributed by atoms with Crippen LogP contribution in [0, 0.1) is 24.1 Å². The van der Waals surface area contributed by atoms with Crippen LogP contribution < -0.4 is 10.2 Å². The molecule has 1 spiro atoms. The molecule has 0 saturated carbocycles. The fraction of sp³-hybridized carbons (Fsp3) is 0.533. The Hall–Kier alpha value is -3.78. The van der Waals surface area contributed by atoms with Crippen LogP contribution in [-0.4, -0.2) is 83.2 Å². The number of nitrogens with one attached hydrogen (secondary N) is 1. The second-order valence-electron chi connectivity index (χ2n) is 12.1. The first-order valence-electron chi connectivity index (χ1n) is 14.5. The summed E-state index contributed by atoms with van der Waals surface area (Å²) in [5.74, 6) is -0.544. The van der Waals surface area contributed by atoms with Gasteiger partial charge < -0.3 is 29.5 Å². The van der Waals surface area contributed by atoms with Gasteiger partial charge in [0.05, 0.1) is 11.9 Å². The molecule has 0 bridgehead atoms. The van der Waals surface area contributed by atoms with Crippen LogP contribution in [0.3, 0.4) is 0 Å². The largest absolute Gasteiger partial charge is 0.490 e. The highest BCUT2D eigenvalue weighted by atomic mass is 19.4. The lowest BCUT2D eigenvalue weighted by atomic mass is 9.72. The second kappa shape index (κ2) is 12.7. The highest BCUT2D eigenvalue weighted by molar-refractivity contribution is 5.85. The van der Waals surface area contributed by atoms with Crippen molar-refractivity contribution in [2.45, 2.75) is 45.7 Å². The highest BCUT2D eigenvalue weighted by Crippen LogP contribution is 2.45. The van der Waals surface area contributed by atoms with Crippen molar-refractivity contribution in [3.8, 4) is 11.1 Å². The van der Waals surface area contributed by atoms with Gasteiger partial charge in [-0.05, 0) is 43.9 Å². The minimum atomic E-state index is -5.08. The standard InChI is InChI=1S/C28H35FN6O2.C2HF3O2/c1-18(2)26-25(19(3)33-37-26)22-10-21(29)4-5-23(22)32-24-11-30-17-31-27(24)35-15-28(16-35)13-34(14-28)12-20-6-8-36-9-7-20;3-2(4,5)1(6)7/h4-5,10-11,17-18,20,32H,6-9,12-16H2,1-3H3;(H,6,7). The summed E-state index contributed by atoms with van der Waals surface area (Å²) in [6, 6.07) is 4.76. The van der Waals surface area contributed by atoms with E-state index in [0.29, 0.717) is 5.41 Å². The number of aliphatic carboxylic acids is 1. The smallest absolute Gasteiger partial charge is 0.475 e. The number of alkyl halides is 3. The van der Waals surface area contributed by atoms with E-state index >= 15 is 0 Å². The van der Waals surface area contributed by atoms with E-state index < -0.39 is 12.1 Å². The maximum Gasteiger partial charge on any atom is 0.490 e. The van der Waals surface area contributed by atoms with Gasteiger partial charge in [0.1, 0.15) is 23.6 Å². The first-order valence-corrected chi connectivity index (χ1v) is 14.5. The first-order chi connectivity index (χ1) is 20.8. The topological polar surface area (TPSA) is 117 Å². The number of anilines is 3. The van der Waals surface area contributed by atoms with Crippen LogP contribution in [0.5, 0.6) is 0 Å². The number of carboxylic acid groups (broad SMARTS) is 1. The zero-order chi connectivity index (χ0) is 31.6. The molecule has 0 unspecified atom stereocenters. The normalized spacial score (nSPS) is 18.4. The number of aromatic nitrogens is 3. The fourth-order valence-electron chi connectivity index (χ4n) is 6.19. The molecule has 10 nitrogen and oxygen atoms in total. The molecule has 44 heavy (non-hydrogen) atoms. The van der Waals surface area contributed by atoms with Crippen molar-refractivity contribution in [1.82, 2.24) is 20.0 Å². The molecule has 2 aromatic heterocycles. The van der Waals surface area contributed by atoms with Crippen molar-refractivity contribution >= 4 is 23.2 Å². The molecule has 0 amide bonds. The molecular weight excluding hydrogens is 584 g/mol. The Morgan fingerprint density at radius 2 is 1.84 bits per heavy atom. The van der Waals surface area contributed by atoms with Gasteiger partial charge in [-0.2, -0.15) is 13.2 Å². The molecule has 3 aliphatic rings. The van der Waals surface area contributed by atoms with Crippen molar-refractivity contribution < 1.29 is 36.7 Å². The van der Waals surface area contributed by atoms with Crippen LogP contribution in [0.2, 0.25) is 0 Å². The van der Waals surface area contributed by atoms with E-state index in [2.05, 4.69) is 30.2 Å². The molecule has 0 radical (unpaired) electrons. The fourth-order valence-corrected chi connectivity index (χ4v) is 6.19. The third-order valence-electron chi connectivity index (χ3n) is 8.19. The summed E-state index contributed by atoms with van der Waals surface area (Å²) < 4.78 is 57.2. The van der Waals surface area contributed by atoms with Crippen LogP contribution in [0.25, 0.3) is 11.1 Å². The Kier molecular flexibility index (Phi) is 9.12. The minimum absolute atomic E-state index is 0.119.